The van der Waals surface area contributed by atoms with Crippen LogP contribution in [0.5, 0.6) is 0 Å². The van der Waals surface area contributed by atoms with E-state index in [4.69, 9.17) is 0 Å². The molecule has 2 heterocycles. The molecule has 1 fully saturated rings. The molecule has 0 spiro atoms. The molecular formula is C22H31N5O2. The van der Waals surface area contributed by atoms with Gasteiger partial charge in [-0.3, -0.25) is 14.5 Å². The summed E-state index contributed by atoms with van der Waals surface area (Å²) in [6.07, 6.45) is 7.66. The number of carbonyl (C=O) groups is 2. The highest BCUT2D eigenvalue weighted by Gasteiger charge is 2.21. The first-order valence-corrected chi connectivity index (χ1v) is 10.5. The van der Waals surface area contributed by atoms with E-state index in [-0.39, 0.29) is 17.9 Å². The minimum absolute atomic E-state index is 0.0802. The zero-order valence-corrected chi connectivity index (χ0v) is 17.1. The molecule has 1 aliphatic rings. The number of amides is 2. The normalized spacial score (nSPS) is 15.2. The molecule has 1 aromatic heterocycles. The molecule has 7 nitrogen and oxygen atoms in total. The molecule has 1 aliphatic heterocycles. The van der Waals surface area contributed by atoms with E-state index in [1.54, 1.807) is 0 Å². The molecule has 2 N–H and O–H groups in total. The van der Waals surface area contributed by atoms with Gasteiger partial charge in [0, 0.05) is 38.3 Å². The molecule has 7 heteroatoms. The molecule has 3 rings (SSSR count). The van der Waals surface area contributed by atoms with E-state index in [9.17, 15) is 9.59 Å². The lowest BCUT2D eigenvalue weighted by Gasteiger charge is -2.31. The second-order valence-corrected chi connectivity index (χ2v) is 7.60. The van der Waals surface area contributed by atoms with Crippen LogP contribution in [0, 0.1) is 0 Å². The molecule has 0 aliphatic carbocycles. The fraction of sp³-hybridized carbons (Fsp3) is 0.500. The molecule has 0 saturated carbocycles. The van der Waals surface area contributed by atoms with Crippen molar-refractivity contribution >= 4 is 11.8 Å². The largest absolute Gasteiger partial charge is 0.355 e. The van der Waals surface area contributed by atoms with Crippen molar-refractivity contribution in [3.8, 4) is 5.69 Å². The number of rotatable bonds is 9. The average molecular weight is 398 g/mol. The summed E-state index contributed by atoms with van der Waals surface area (Å²) in [6, 6.07) is 10.1. The topological polar surface area (TPSA) is 79.3 Å². The molecule has 2 amide bonds. The van der Waals surface area contributed by atoms with Crippen molar-refractivity contribution in [2.24, 2.45) is 0 Å². The average Bonchev–Trinajstić information content (AvgIpc) is 3.22. The van der Waals surface area contributed by atoms with Gasteiger partial charge in [-0.2, -0.15) is 5.10 Å². The van der Waals surface area contributed by atoms with Crippen molar-refractivity contribution < 1.29 is 9.59 Å². The predicted octanol–water partition coefficient (Wildman–Crippen LogP) is 1.91. The molecule has 0 atom stereocenters. The number of likely N-dealkylation sites (tertiary alicyclic amines) is 1. The molecule has 1 aromatic carbocycles. The van der Waals surface area contributed by atoms with E-state index in [1.807, 2.05) is 54.3 Å². The van der Waals surface area contributed by atoms with Gasteiger partial charge in [0.2, 0.25) is 11.8 Å². The first-order valence-electron chi connectivity index (χ1n) is 10.5. The number of benzene rings is 1. The van der Waals surface area contributed by atoms with Crippen LogP contribution < -0.4 is 10.6 Å². The molecule has 0 unspecified atom stereocenters. The monoisotopic (exact) mass is 397 g/mol. The third-order valence-corrected chi connectivity index (χ3v) is 5.19. The summed E-state index contributed by atoms with van der Waals surface area (Å²) in [6.45, 7) is 4.91. The second-order valence-electron chi connectivity index (χ2n) is 7.60. The van der Waals surface area contributed by atoms with Gasteiger partial charge in [0.15, 0.2) is 0 Å². The van der Waals surface area contributed by atoms with Gasteiger partial charge in [-0.05, 0) is 43.4 Å². The standard InChI is InChI=1S/C22H31N5O2/c1-2-12-23-22(29)17-26-13-10-19(11-14-26)25-21(28)9-8-18-15-24-27(16-18)20-6-4-3-5-7-20/h3-7,15-16,19H,2,8-14,17H2,1H3,(H,23,29)(H,25,28). The highest BCUT2D eigenvalue weighted by molar-refractivity contribution is 5.78. The molecule has 29 heavy (non-hydrogen) atoms. The van der Waals surface area contributed by atoms with Crippen LogP contribution in [0.1, 0.15) is 38.2 Å². The van der Waals surface area contributed by atoms with Gasteiger partial charge in [0.1, 0.15) is 0 Å². The van der Waals surface area contributed by atoms with Crippen molar-refractivity contribution in [3.05, 3.63) is 48.3 Å². The Balaban J connectivity index is 1.35. The smallest absolute Gasteiger partial charge is 0.234 e. The number of hydrogen-bond donors (Lipinski definition) is 2. The summed E-state index contributed by atoms with van der Waals surface area (Å²) in [5.74, 6) is 0.169. The fourth-order valence-electron chi connectivity index (χ4n) is 3.53. The number of aromatic nitrogens is 2. The Hall–Kier alpha value is -2.67. The molecule has 0 radical (unpaired) electrons. The SMILES string of the molecule is CCCNC(=O)CN1CCC(NC(=O)CCc2cnn(-c3ccccc3)c2)CC1. The lowest BCUT2D eigenvalue weighted by molar-refractivity contribution is -0.124. The van der Waals surface area contributed by atoms with Crippen LogP contribution in [-0.4, -0.2) is 58.7 Å². The van der Waals surface area contributed by atoms with Crippen LogP contribution in [0.2, 0.25) is 0 Å². The molecular weight excluding hydrogens is 366 g/mol. The molecule has 156 valence electrons. The van der Waals surface area contributed by atoms with Gasteiger partial charge in [-0.25, -0.2) is 4.68 Å². The third-order valence-electron chi connectivity index (χ3n) is 5.19. The van der Waals surface area contributed by atoms with E-state index in [1.165, 1.54) is 0 Å². The first kappa shape index (κ1) is 21.0. The second kappa shape index (κ2) is 10.8. The number of carbonyl (C=O) groups excluding carboxylic acids is 2. The Morgan fingerprint density at radius 2 is 1.90 bits per heavy atom. The summed E-state index contributed by atoms with van der Waals surface area (Å²) >= 11 is 0. The van der Waals surface area contributed by atoms with Crippen molar-refractivity contribution in [3.63, 3.8) is 0 Å². The Kier molecular flexibility index (Phi) is 7.81. The molecule has 2 aromatic rings. The van der Waals surface area contributed by atoms with E-state index in [2.05, 4.69) is 20.6 Å². The van der Waals surface area contributed by atoms with E-state index in [0.29, 0.717) is 19.4 Å². The summed E-state index contributed by atoms with van der Waals surface area (Å²) < 4.78 is 1.83. The maximum absolute atomic E-state index is 12.3. The van der Waals surface area contributed by atoms with E-state index >= 15 is 0 Å². The number of nitrogens with one attached hydrogen (secondary N) is 2. The Labute approximate surface area is 172 Å². The van der Waals surface area contributed by atoms with Crippen LogP contribution in [0.3, 0.4) is 0 Å². The van der Waals surface area contributed by atoms with Gasteiger partial charge in [0.05, 0.1) is 18.4 Å². The Morgan fingerprint density at radius 1 is 1.14 bits per heavy atom. The van der Waals surface area contributed by atoms with Crippen LogP contribution in [-0.2, 0) is 16.0 Å². The fourth-order valence-corrected chi connectivity index (χ4v) is 3.53. The molecule has 0 bridgehead atoms. The third kappa shape index (κ3) is 6.71. The van der Waals surface area contributed by atoms with Crippen LogP contribution in [0.25, 0.3) is 5.69 Å². The Morgan fingerprint density at radius 3 is 2.62 bits per heavy atom. The summed E-state index contributed by atoms with van der Waals surface area (Å²) in [5.41, 5.74) is 2.07. The number of piperidine rings is 1. The number of para-hydroxylation sites is 1. The lowest BCUT2D eigenvalue weighted by Crippen LogP contribution is -2.47. The summed E-state index contributed by atoms with van der Waals surface area (Å²) in [5, 5.41) is 10.4. The van der Waals surface area contributed by atoms with Crippen molar-refractivity contribution in [1.29, 1.82) is 0 Å². The summed E-state index contributed by atoms with van der Waals surface area (Å²) in [4.78, 5) is 26.3. The van der Waals surface area contributed by atoms with Crippen molar-refractivity contribution in [2.45, 2.75) is 45.1 Å². The van der Waals surface area contributed by atoms with Gasteiger partial charge in [-0.1, -0.05) is 25.1 Å². The highest BCUT2D eigenvalue weighted by atomic mass is 16.2. The predicted molar refractivity (Wildman–Crippen MR) is 113 cm³/mol. The molecule has 1 saturated heterocycles. The maximum Gasteiger partial charge on any atom is 0.234 e. The first-order chi connectivity index (χ1) is 14.1. The highest BCUT2D eigenvalue weighted by Crippen LogP contribution is 2.12. The number of aryl methyl sites for hydroxylation is 1. The van der Waals surface area contributed by atoms with Gasteiger partial charge < -0.3 is 10.6 Å². The lowest BCUT2D eigenvalue weighted by atomic mass is 10.0. The minimum atomic E-state index is 0.0802. The maximum atomic E-state index is 12.3. The van der Waals surface area contributed by atoms with Gasteiger partial charge in [-0.15, -0.1) is 0 Å². The number of nitrogens with zero attached hydrogens (tertiary/aromatic N) is 3. The quantitative estimate of drug-likeness (QED) is 0.678. The van der Waals surface area contributed by atoms with Gasteiger partial charge >= 0.3 is 0 Å². The van der Waals surface area contributed by atoms with Crippen LogP contribution in [0.15, 0.2) is 42.7 Å². The van der Waals surface area contributed by atoms with Crippen LogP contribution in [0.4, 0.5) is 0 Å². The summed E-state index contributed by atoms with van der Waals surface area (Å²) in [7, 11) is 0. The zero-order chi connectivity index (χ0) is 20.5. The van der Waals surface area contributed by atoms with Gasteiger partial charge in [0.25, 0.3) is 0 Å². The minimum Gasteiger partial charge on any atom is -0.355 e. The van der Waals surface area contributed by atoms with Crippen molar-refractivity contribution in [1.82, 2.24) is 25.3 Å². The van der Waals surface area contributed by atoms with E-state index < -0.39 is 0 Å². The van der Waals surface area contributed by atoms with E-state index in [0.717, 1.165) is 50.1 Å². The van der Waals surface area contributed by atoms with Crippen molar-refractivity contribution in [2.75, 3.05) is 26.2 Å². The Bertz CT molecular complexity index is 782. The number of hydrogen-bond acceptors (Lipinski definition) is 4. The zero-order valence-electron chi connectivity index (χ0n) is 17.1. The van der Waals surface area contributed by atoms with Crippen LogP contribution >= 0.6 is 0 Å².